The molecule has 0 aromatic heterocycles. The zero-order valence-electron chi connectivity index (χ0n) is 11.4. The molecule has 21 heavy (non-hydrogen) atoms. The zero-order chi connectivity index (χ0) is 14.7. The van der Waals surface area contributed by atoms with E-state index in [9.17, 15) is 9.18 Å². The predicted octanol–water partition coefficient (Wildman–Crippen LogP) is 3.58. The van der Waals surface area contributed by atoms with Crippen LogP contribution in [-0.2, 0) is 0 Å². The highest BCUT2D eigenvalue weighted by Gasteiger charge is 2.21. The molecule has 3 nitrogen and oxygen atoms in total. The molecular weight excluding hydrogens is 271 g/mol. The van der Waals surface area contributed by atoms with Crippen LogP contribution in [0.2, 0.25) is 0 Å². The van der Waals surface area contributed by atoms with Crippen LogP contribution < -0.4 is 9.47 Å². The molecule has 108 valence electrons. The van der Waals surface area contributed by atoms with Gasteiger partial charge in [-0.25, -0.2) is 4.39 Å². The molecule has 0 radical (unpaired) electrons. The second-order valence-corrected chi connectivity index (χ2v) is 5.02. The maximum Gasteiger partial charge on any atom is 0.150 e. The van der Waals surface area contributed by atoms with Gasteiger partial charge in [-0.15, -0.1) is 0 Å². The van der Waals surface area contributed by atoms with Crippen molar-refractivity contribution in [2.24, 2.45) is 0 Å². The number of carbonyl (C=O) groups is 1. The SMILES string of the molecule is O=Cc1cc(F)cc(OCC2CCOc3ccccc32)c1. The third kappa shape index (κ3) is 3.05. The largest absolute Gasteiger partial charge is 0.493 e. The fourth-order valence-electron chi connectivity index (χ4n) is 2.52. The molecule has 0 aliphatic carbocycles. The Kier molecular flexibility index (Phi) is 3.86. The van der Waals surface area contributed by atoms with Gasteiger partial charge in [-0.3, -0.25) is 4.79 Å². The number of benzene rings is 2. The second-order valence-electron chi connectivity index (χ2n) is 5.02. The van der Waals surface area contributed by atoms with Gasteiger partial charge in [0.1, 0.15) is 23.6 Å². The van der Waals surface area contributed by atoms with E-state index >= 15 is 0 Å². The third-order valence-electron chi connectivity index (χ3n) is 3.56. The molecule has 0 bridgehead atoms. The molecule has 0 spiro atoms. The predicted molar refractivity (Wildman–Crippen MR) is 76.6 cm³/mol. The zero-order valence-corrected chi connectivity index (χ0v) is 11.4. The van der Waals surface area contributed by atoms with Crippen LogP contribution in [0.5, 0.6) is 11.5 Å². The Bertz CT molecular complexity index is 654. The van der Waals surface area contributed by atoms with Crippen molar-refractivity contribution in [3.05, 3.63) is 59.4 Å². The van der Waals surface area contributed by atoms with Gasteiger partial charge in [-0.1, -0.05) is 18.2 Å². The summed E-state index contributed by atoms with van der Waals surface area (Å²) in [6.45, 7) is 1.08. The van der Waals surface area contributed by atoms with E-state index in [0.717, 1.165) is 17.7 Å². The average Bonchev–Trinajstić information content (AvgIpc) is 2.52. The highest BCUT2D eigenvalue weighted by molar-refractivity contribution is 5.75. The van der Waals surface area contributed by atoms with Crippen molar-refractivity contribution < 1.29 is 18.7 Å². The molecule has 0 fully saturated rings. The number of para-hydroxylation sites is 1. The van der Waals surface area contributed by atoms with E-state index in [4.69, 9.17) is 9.47 Å². The maximum atomic E-state index is 13.4. The number of ether oxygens (including phenoxy) is 2. The van der Waals surface area contributed by atoms with Crippen LogP contribution in [0.25, 0.3) is 0 Å². The van der Waals surface area contributed by atoms with Crippen molar-refractivity contribution >= 4 is 6.29 Å². The molecule has 1 atom stereocenters. The van der Waals surface area contributed by atoms with E-state index in [-0.39, 0.29) is 11.5 Å². The lowest BCUT2D eigenvalue weighted by Crippen LogP contribution is -2.19. The quantitative estimate of drug-likeness (QED) is 0.806. The van der Waals surface area contributed by atoms with Crippen molar-refractivity contribution in [2.45, 2.75) is 12.3 Å². The molecule has 2 aromatic carbocycles. The van der Waals surface area contributed by atoms with Gasteiger partial charge in [0.15, 0.2) is 0 Å². The number of carbonyl (C=O) groups excluding carboxylic acids is 1. The Morgan fingerprint density at radius 1 is 1.29 bits per heavy atom. The monoisotopic (exact) mass is 286 g/mol. The molecule has 1 heterocycles. The average molecular weight is 286 g/mol. The van der Waals surface area contributed by atoms with E-state index in [1.807, 2.05) is 24.3 Å². The normalized spacial score (nSPS) is 16.7. The summed E-state index contributed by atoms with van der Waals surface area (Å²) in [6, 6.07) is 11.9. The topological polar surface area (TPSA) is 35.5 Å². The van der Waals surface area contributed by atoms with Gasteiger partial charge in [0, 0.05) is 23.1 Å². The van der Waals surface area contributed by atoms with E-state index in [1.54, 1.807) is 6.07 Å². The standard InChI is InChI=1S/C17H15FO3/c18-14-7-12(10-19)8-15(9-14)21-11-13-5-6-20-17-4-2-1-3-16(13)17/h1-4,7-10,13H,5-6,11H2. The molecule has 1 unspecified atom stereocenters. The Labute approximate surface area is 122 Å². The first-order valence-electron chi connectivity index (χ1n) is 6.86. The molecular formula is C17H15FO3. The maximum absolute atomic E-state index is 13.4. The van der Waals surface area contributed by atoms with Crippen LogP contribution in [0.4, 0.5) is 4.39 Å². The fraction of sp³-hybridized carbons (Fsp3) is 0.235. The van der Waals surface area contributed by atoms with Gasteiger partial charge in [0.25, 0.3) is 0 Å². The molecule has 2 aromatic rings. The van der Waals surface area contributed by atoms with Crippen molar-refractivity contribution in [1.29, 1.82) is 0 Å². The molecule has 0 saturated heterocycles. The fourth-order valence-corrected chi connectivity index (χ4v) is 2.52. The van der Waals surface area contributed by atoms with E-state index in [0.29, 0.717) is 25.2 Å². The summed E-state index contributed by atoms with van der Waals surface area (Å²) < 4.78 is 24.6. The van der Waals surface area contributed by atoms with Crippen LogP contribution in [0.1, 0.15) is 28.3 Å². The summed E-state index contributed by atoms with van der Waals surface area (Å²) in [4.78, 5) is 10.7. The van der Waals surface area contributed by atoms with Gasteiger partial charge in [0.05, 0.1) is 13.2 Å². The van der Waals surface area contributed by atoms with E-state index < -0.39 is 5.82 Å². The molecule has 0 amide bonds. The highest BCUT2D eigenvalue weighted by Crippen LogP contribution is 2.33. The van der Waals surface area contributed by atoms with Gasteiger partial charge >= 0.3 is 0 Å². The van der Waals surface area contributed by atoms with Crippen LogP contribution >= 0.6 is 0 Å². The first-order chi connectivity index (χ1) is 10.3. The van der Waals surface area contributed by atoms with Crippen LogP contribution in [-0.4, -0.2) is 19.5 Å². The Morgan fingerprint density at radius 2 is 2.14 bits per heavy atom. The second kappa shape index (κ2) is 5.95. The number of hydrogen-bond acceptors (Lipinski definition) is 3. The Balaban J connectivity index is 1.74. The lowest BCUT2D eigenvalue weighted by atomic mass is 9.94. The lowest BCUT2D eigenvalue weighted by Gasteiger charge is -2.25. The molecule has 4 heteroatoms. The van der Waals surface area contributed by atoms with Gasteiger partial charge < -0.3 is 9.47 Å². The minimum absolute atomic E-state index is 0.206. The van der Waals surface area contributed by atoms with Gasteiger partial charge in [0.2, 0.25) is 0 Å². The lowest BCUT2D eigenvalue weighted by molar-refractivity contribution is 0.112. The summed E-state index contributed by atoms with van der Waals surface area (Å²) in [5.41, 5.74) is 1.38. The smallest absolute Gasteiger partial charge is 0.150 e. The first-order valence-corrected chi connectivity index (χ1v) is 6.86. The van der Waals surface area contributed by atoms with Crippen LogP contribution in [0.3, 0.4) is 0 Å². The van der Waals surface area contributed by atoms with Crippen LogP contribution in [0, 0.1) is 5.82 Å². The summed E-state index contributed by atoms with van der Waals surface area (Å²) in [5, 5.41) is 0. The third-order valence-corrected chi connectivity index (χ3v) is 3.56. The van der Waals surface area contributed by atoms with Crippen molar-refractivity contribution in [3.63, 3.8) is 0 Å². The summed E-state index contributed by atoms with van der Waals surface area (Å²) in [5.74, 6) is 0.992. The van der Waals surface area contributed by atoms with Crippen molar-refractivity contribution in [3.8, 4) is 11.5 Å². The van der Waals surface area contributed by atoms with Crippen LogP contribution in [0.15, 0.2) is 42.5 Å². The summed E-state index contributed by atoms with van der Waals surface area (Å²) in [7, 11) is 0. The summed E-state index contributed by atoms with van der Waals surface area (Å²) >= 11 is 0. The number of rotatable bonds is 4. The number of hydrogen-bond donors (Lipinski definition) is 0. The van der Waals surface area contributed by atoms with Gasteiger partial charge in [-0.05, 0) is 24.6 Å². The molecule has 1 aliphatic rings. The molecule has 0 saturated carbocycles. The van der Waals surface area contributed by atoms with E-state index in [2.05, 4.69) is 0 Å². The van der Waals surface area contributed by atoms with Crippen molar-refractivity contribution in [1.82, 2.24) is 0 Å². The molecule has 3 rings (SSSR count). The van der Waals surface area contributed by atoms with Gasteiger partial charge in [-0.2, -0.15) is 0 Å². The molecule has 1 aliphatic heterocycles. The number of fused-ring (bicyclic) bond motifs is 1. The first kappa shape index (κ1) is 13.6. The minimum Gasteiger partial charge on any atom is -0.493 e. The Morgan fingerprint density at radius 3 is 3.00 bits per heavy atom. The number of aldehydes is 1. The highest BCUT2D eigenvalue weighted by atomic mass is 19.1. The number of halogens is 1. The molecule has 0 N–H and O–H groups in total. The van der Waals surface area contributed by atoms with E-state index in [1.165, 1.54) is 12.1 Å². The summed E-state index contributed by atoms with van der Waals surface area (Å²) in [6.07, 6.45) is 1.46. The van der Waals surface area contributed by atoms with Crippen molar-refractivity contribution in [2.75, 3.05) is 13.2 Å². The Hall–Kier alpha value is -2.36. The minimum atomic E-state index is -0.470.